The summed E-state index contributed by atoms with van der Waals surface area (Å²) in [6.07, 6.45) is 0. The predicted octanol–water partition coefficient (Wildman–Crippen LogP) is 4.18. The van der Waals surface area contributed by atoms with E-state index in [-0.39, 0.29) is 5.82 Å². The van der Waals surface area contributed by atoms with E-state index in [2.05, 4.69) is 0 Å². The summed E-state index contributed by atoms with van der Waals surface area (Å²) in [6.45, 7) is 0. The molecule has 0 bridgehead atoms. The molecule has 0 aliphatic carbocycles. The van der Waals surface area contributed by atoms with Gasteiger partial charge in [0.15, 0.2) is 0 Å². The van der Waals surface area contributed by atoms with Crippen LogP contribution in [0, 0.1) is 5.82 Å². The lowest BCUT2D eigenvalue weighted by molar-refractivity contribution is 0.623. The van der Waals surface area contributed by atoms with E-state index in [0.717, 1.165) is 0 Å². The second kappa shape index (κ2) is 5.05. The van der Waals surface area contributed by atoms with Crippen molar-refractivity contribution in [2.75, 3.05) is 0 Å². The van der Waals surface area contributed by atoms with Gasteiger partial charge in [0.25, 0.3) is 0 Å². The second-order valence-electron chi connectivity index (χ2n) is 3.68. The van der Waals surface area contributed by atoms with Gasteiger partial charge in [-0.3, -0.25) is 0 Å². The van der Waals surface area contributed by atoms with Crippen LogP contribution in [0.3, 0.4) is 0 Å². The molecular weight excluding hydrogens is 260 g/mol. The molecule has 4 heteroatoms. The second-order valence-corrected chi connectivity index (χ2v) is 4.46. The van der Waals surface area contributed by atoms with E-state index in [9.17, 15) is 4.39 Å². The van der Waals surface area contributed by atoms with Crippen LogP contribution in [-0.4, -0.2) is 0 Å². The molecular formula is C13H10Cl2FN. The number of nitrogens with two attached hydrogens (primary N) is 1. The smallest absolute Gasteiger partial charge is 0.123 e. The van der Waals surface area contributed by atoms with Crippen LogP contribution >= 0.6 is 23.2 Å². The van der Waals surface area contributed by atoms with Gasteiger partial charge >= 0.3 is 0 Å². The largest absolute Gasteiger partial charge is 0.320 e. The van der Waals surface area contributed by atoms with Crippen LogP contribution < -0.4 is 5.73 Å². The standard InChI is InChI=1S/C13H10Cl2FN/c14-11-6-2-5-10(12(11)15)13(17)8-3-1-4-9(16)7-8/h1-7,13H,17H2. The Morgan fingerprint density at radius 1 is 1.06 bits per heavy atom. The van der Waals surface area contributed by atoms with Gasteiger partial charge in [0.1, 0.15) is 5.82 Å². The molecule has 88 valence electrons. The Morgan fingerprint density at radius 2 is 1.76 bits per heavy atom. The summed E-state index contributed by atoms with van der Waals surface area (Å²) in [5, 5.41) is 0.849. The first-order chi connectivity index (χ1) is 8.09. The molecule has 1 nitrogen and oxygen atoms in total. The van der Waals surface area contributed by atoms with Crippen LogP contribution in [-0.2, 0) is 0 Å². The lowest BCUT2D eigenvalue weighted by Gasteiger charge is -2.14. The van der Waals surface area contributed by atoms with Crippen molar-refractivity contribution >= 4 is 23.2 Å². The molecule has 0 aromatic heterocycles. The molecule has 0 fully saturated rings. The molecule has 0 heterocycles. The topological polar surface area (TPSA) is 26.0 Å². The zero-order valence-corrected chi connectivity index (χ0v) is 10.3. The predicted molar refractivity (Wildman–Crippen MR) is 68.9 cm³/mol. The molecule has 0 amide bonds. The van der Waals surface area contributed by atoms with E-state index in [0.29, 0.717) is 21.2 Å². The van der Waals surface area contributed by atoms with Crippen molar-refractivity contribution in [1.29, 1.82) is 0 Å². The van der Waals surface area contributed by atoms with Crippen molar-refractivity contribution in [2.24, 2.45) is 5.73 Å². The fraction of sp³-hybridized carbons (Fsp3) is 0.0769. The molecule has 2 aromatic carbocycles. The zero-order chi connectivity index (χ0) is 12.4. The third kappa shape index (κ3) is 2.60. The molecule has 17 heavy (non-hydrogen) atoms. The number of hydrogen-bond acceptors (Lipinski definition) is 1. The molecule has 1 atom stereocenters. The molecule has 0 aliphatic rings. The summed E-state index contributed by atoms with van der Waals surface area (Å²) in [4.78, 5) is 0. The van der Waals surface area contributed by atoms with Gasteiger partial charge < -0.3 is 5.73 Å². The Labute approximate surface area is 109 Å². The fourth-order valence-corrected chi connectivity index (χ4v) is 2.07. The fourth-order valence-electron chi connectivity index (χ4n) is 1.64. The van der Waals surface area contributed by atoms with Gasteiger partial charge in [-0.1, -0.05) is 47.5 Å². The molecule has 0 saturated heterocycles. The van der Waals surface area contributed by atoms with E-state index >= 15 is 0 Å². The molecule has 0 aliphatic heterocycles. The van der Waals surface area contributed by atoms with Crippen LogP contribution in [0.25, 0.3) is 0 Å². The summed E-state index contributed by atoms with van der Waals surface area (Å²) in [5.74, 6) is -0.323. The highest BCUT2D eigenvalue weighted by molar-refractivity contribution is 6.42. The van der Waals surface area contributed by atoms with Crippen LogP contribution in [0.1, 0.15) is 17.2 Å². The minimum atomic E-state index is -0.489. The highest BCUT2D eigenvalue weighted by Gasteiger charge is 2.14. The number of hydrogen-bond donors (Lipinski definition) is 1. The first-order valence-corrected chi connectivity index (χ1v) is 5.80. The van der Waals surface area contributed by atoms with Gasteiger partial charge in [0.2, 0.25) is 0 Å². The van der Waals surface area contributed by atoms with Crippen molar-refractivity contribution in [1.82, 2.24) is 0 Å². The van der Waals surface area contributed by atoms with E-state index in [1.165, 1.54) is 12.1 Å². The Bertz CT molecular complexity index is 543. The molecule has 0 spiro atoms. The SMILES string of the molecule is NC(c1cccc(F)c1)c1cccc(Cl)c1Cl. The molecule has 2 aromatic rings. The van der Waals surface area contributed by atoms with Crippen LogP contribution in [0.2, 0.25) is 10.0 Å². The third-order valence-corrected chi connectivity index (χ3v) is 3.36. The molecule has 1 unspecified atom stereocenters. The Hall–Kier alpha value is -1.09. The van der Waals surface area contributed by atoms with Gasteiger partial charge in [0, 0.05) is 0 Å². The normalized spacial score (nSPS) is 12.5. The van der Waals surface area contributed by atoms with Crippen molar-refractivity contribution in [3.63, 3.8) is 0 Å². The lowest BCUT2D eigenvalue weighted by Crippen LogP contribution is -2.12. The maximum Gasteiger partial charge on any atom is 0.123 e. The quantitative estimate of drug-likeness (QED) is 0.870. The summed E-state index contributed by atoms with van der Waals surface area (Å²) < 4.78 is 13.1. The molecule has 2 N–H and O–H groups in total. The lowest BCUT2D eigenvalue weighted by atomic mass is 9.99. The first kappa shape index (κ1) is 12.4. The van der Waals surface area contributed by atoms with Crippen LogP contribution in [0.15, 0.2) is 42.5 Å². The minimum Gasteiger partial charge on any atom is -0.320 e. The van der Waals surface area contributed by atoms with E-state index in [1.54, 1.807) is 30.3 Å². The highest BCUT2D eigenvalue weighted by atomic mass is 35.5. The van der Waals surface area contributed by atoms with Crippen molar-refractivity contribution < 1.29 is 4.39 Å². The Kier molecular flexibility index (Phi) is 3.67. The van der Waals surface area contributed by atoms with E-state index < -0.39 is 6.04 Å². The van der Waals surface area contributed by atoms with Gasteiger partial charge in [-0.05, 0) is 29.3 Å². The summed E-state index contributed by atoms with van der Waals surface area (Å²) in [6, 6.07) is 10.9. The van der Waals surface area contributed by atoms with Crippen LogP contribution in [0.4, 0.5) is 4.39 Å². The van der Waals surface area contributed by atoms with Crippen LogP contribution in [0.5, 0.6) is 0 Å². The summed E-state index contributed by atoms with van der Waals surface area (Å²) >= 11 is 12.0. The van der Waals surface area contributed by atoms with Crippen molar-refractivity contribution in [2.45, 2.75) is 6.04 Å². The van der Waals surface area contributed by atoms with Gasteiger partial charge in [-0.15, -0.1) is 0 Å². The molecule has 2 rings (SSSR count). The average Bonchev–Trinajstić information content (AvgIpc) is 2.32. The molecule has 0 saturated carbocycles. The maximum atomic E-state index is 13.1. The first-order valence-electron chi connectivity index (χ1n) is 5.04. The van der Waals surface area contributed by atoms with Gasteiger partial charge in [-0.25, -0.2) is 4.39 Å². The summed E-state index contributed by atoms with van der Waals surface area (Å²) in [7, 11) is 0. The maximum absolute atomic E-state index is 13.1. The van der Waals surface area contributed by atoms with Crippen molar-refractivity contribution in [3.05, 3.63) is 69.5 Å². The van der Waals surface area contributed by atoms with Crippen molar-refractivity contribution in [3.8, 4) is 0 Å². The zero-order valence-electron chi connectivity index (χ0n) is 8.83. The number of halogens is 3. The summed E-state index contributed by atoms with van der Waals surface area (Å²) in [5.41, 5.74) is 7.39. The third-order valence-electron chi connectivity index (χ3n) is 2.52. The number of rotatable bonds is 2. The van der Waals surface area contributed by atoms with E-state index in [4.69, 9.17) is 28.9 Å². The van der Waals surface area contributed by atoms with E-state index in [1.807, 2.05) is 0 Å². The highest BCUT2D eigenvalue weighted by Crippen LogP contribution is 2.31. The minimum absolute atomic E-state index is 0.323. The average molecular weight is 270 g/mol. The molecule has 0 radical (unpaired) electrons. The number of benzene rings is 2. The van der Waals surface area contributed by atoms with Gasteiger partial charge in [0.05, 0.1) is 16.1 Å². The van der Waals surface area contributed by atoms with Gasteiger partial charge in [-0.2, -0.15) is 0 Å². The Morgan fingerprint density at radius 3 is 2.47 bits per heavy atom. The monoisotopic (exact) mass is 269 g/mol. The Balaban J connectivity index is 2.44.